The van der Waals surface area contributed by atoms with E-state index in [-0.39, 0.29) is 13.2 Å². The maximum Gasteiger partial charge on any atom is 0.338 e. The lowest BCUT2D eigenvalue weighted by Crippen LogP contribution is -2.27. The molecule has 0 aromatic heterocycles. The van der Waals surface area contributed by atoms with E-state index in [2.05, 4.69) is 0 Å². The van der Waals surface area contributed by atoms with Gasteiger partial charge < -0.3 is 9.47 Å². The number of carbonyl (C=O) groups is 1. The van der Waals surface area contributed by atoms with Gasteiger partial charge in [0, 0.05) is 6.54 Å². The lowest BCUT2D eigenvalue weighted by molar-refractivity contribution is 0.0450. The van der Waals surface area contributed by atoms with E-state index in [9.17, 15) is 13.2 Å². The summed E-state index contributed by atoms with van der Waals surface area (Å²) >= 11 is 0. The number of nitrogens with zero attached hydrogens (tertiary/aromatic N) is 1. The highest BCUT2D eigenvalue weighted by Crippen LogP contribution is 2.30. The van der Waals surface area contributed by atoms with Crippen molar-refractivity contribution in [3.8, 4) is 5.75 Å². The molecule has 0 N–H and O–H groups in total. The monoisotopic (exact) mass is 375 g/mol. The van der Waals surface area contributed by atoms with E-state index in [0.717, 1.165) is 16.9 Å². The second-order valence-corrected chi connectivity index (χ2v) is 8.14. The summed E-state index contributed by atoms with van der Waals surface area (Å²) in [6.07, 6.45) is 1.76. The molecule has 1 aliphatic heterocycles. The maximum atomic E-state index is 12.2. The Morgan fingerprint density at radius 3 is 2.69 bits per heavy atom. The summed E-state index contributed by atoms with van der Waals surface area (Å²) in [5.74, 6) is 0.290. The van der Waals surface area contributed by atoms with Crippen LogP contribution in [-0.4, -0.2) is 40.4 Å². The Morgan fingerprint density at radius 2 is 1.96 bits per heavy atom. The lowest BCUT2D eigenvalue weighted by atomic mass is 10.1. The lowest BCUT2D eigenvalue weighted by Gasteiger charge is -2.16. The highest BCUT2D eigenvalue weighted by molar-refractivity contribution is 7.92. The molecule has 0 saturated heterocycles. The summed E-state index contributed by atoms with van der Waals surface area (Å²) in [7, 11) is -3.30. The maximum absolute atomic E-state index is 12.2. The third-order valence-corrected chi connectivity index (χ3v) is 5.32. The summed E-state index contributed by atoms with van der Waals surface area (Å²) in [6.45, 7) is 2.78. The summed E-state index contributed by atoms with van der Waals surface area (Å²) in [4.78, 5) is 12.2. The second-order valence-electron chi connectivity index (χ2n) is 6.23. The van der Waals surface area contributed by atoms with Gasteiger partial charge in [-0.15, -0.1) is 0 Å². The molecule has 0 spiro atoms. The van der Waals surface area contributed by atoms with Gasteiger partial charge in [-0.05, 0) is 54.8 Å². The second kappa shape index (κ2) is 7.37. The zero-order chi connectivity index (χ0) is 18.7. The molecule has 0 atom stereocenters. The molecule has 0 unspecified atom stereocenters. The van der Waals surface area contributed by atoms with Crippen LogP contribution in [0.4, 0.5) is 5.69 Å². The van der Waals surface area contributed by atoms with Gasteiger partial charge in [0.1, 0.15) is 19.0 Å². The van der Waals surface area contributed by atoms with Crippen LogP contribution < -0.4 is 9.04 Å². The highest BCUT2D eigenvalue weighted by atomic mass is 32.2. The Labute approximate surface area is 153 Å². The first-order valence-electron chi connectivity index (χ1n) is 8.32. The average molecular weight is 375 g/mol. The summed E-state index contributed by atoms with van der Waals surface area (Å²) in [5, 5.41) is 0. The zero-order valence-corrected chi connectivity index (χ0v) is 15.6. The van der Waals surface area contributed by atoms with Crippen molar-refractivity contribution in [2.24, 2.45) is 0 Å². The van der Waals surface area contributed by atoms with Gasteiger partial charge in [0.15, 0.2) is 0 Å². The van der Waals surface area contributed by atoms with Crippen LogP contribution >= 0.6 is 0 Å². The molecule has 7 heteroatoms. The van der Waals surface area contributed by atoms with Gasteiger partial charge in [0.05, 0.1) is 17.5 Å². The number of carbonyl (C=O) groups excluding carboxylic acids is 1. The van der Waals surface area contributed by atoms with Gasteiger partial charge in [0.25, 0.3) is 0 Å². The minimum absolute atomic E-state index is 0.138. The first-order valence-corrected chi connectivity index (χ1v) is 10.2. The Morgan fingerprint density at radius 1 is 1.15 bits per heavy atom. The highest BCUT2D eigenvalue weighted by Gasteiger charge is 2.26. The van der Waals surface area contributed by atoms with E-state index in [1.165, 1.54) is 10.6 Å². The number of esters is 1. The Kier molecular flexibility index (Phi) is 5.18. The molecule has 0 fully saturated rings. The van der Waals surface area contributed by atoms with E-state index < -0.39 is 16.0 Å². The Hall–Kier alpha value is -2.54. The minimum Gasteiger partial charge on any atom is -0.490 e. The van der Waals surface area contributed by atoms with Gasteiger partial charge in [-0.3, -0.25) is 4.31 Å². The summed E-state index contributed by atoms with van der Waals surface area (Å²) in [6, 6.07) is 12.6. The Balaban J connectivity index is 1.56. The SMILES string of the molecule is Cc1cccc(OCCOC(=O)c2ccc3c(c2)CCN3S(C)(=O)=O)c1. The van der Waals surface area contributed by atoms with E-state index >= 15 is 0 Å². The normalized spacial score (nSPS) is 13.4. The number of hydrogen-bond acceptors (Lipinski definition) is 5. The van der Waals surface area contributed by atoms with Crippen LogP contribution in [0, 0.1) is 6.92 Å². The van der Waals surface area contributed by atoms with E-state index in [1.54, 1.807) is 18.2 Å². The zero-order valence-electron chi connectivity index (χ0n) is 14.8. The smallest absolute Gasteiger partial charge is 0.338 e. The van der Waals surface area contributed by atoms with Crippen LogP contribution in [0.25, 0.3) is 0 Å². The van der Waals surface area contributed by atoms with Crippen LogP contribution in [0.1, 0.15) is 21.5 Å². The van der Waals surface area contributed by atoms with Gasteiger partial charge in [-0.2, -0.15) is 0 Å². The van der Waals surface area contributed by atoms with Crippen molar-refractivity contribution in [1.82, 2.24) is 0 Å². The van der Waals surface area contributed by atoms with Crippen molar-refractivity contribution in [3.05, 3.63) is 59.2 Å². The molecule has 0 bridgehead atoms. The van der Waals surface area contributed by atoms with Gasteiger partial charge in [0.2, 0.25) is 10.0 Å². The van der Waals surface area contributed by atoms with Gasteiger partial charge >= 0.3 is 5.97 Å². The standard InChI is InChI=1S/C19H21NO5S/c1-14-4-3-5-17(12-14)24-10-11-25-19(21)16-6-7-18-15(13-16)8-9-20(18)26(2,22)23/h3-7,12-13H,8-11H2,1-2H3. The molecule has 2 aromatic carbocycles. The number of sulfonamides is 1. The molecule has 6 nitrogen and oxygen atoms in total. The predicted molar refractivity (Wildman–Crippen MR) is 99.3 cm³/mol. The van der Waals surface area contributed by atoms with Crippen molar-refractivity contribution in [3.63, 3.8) is 0 Å². The molecule has 0 amide bonds. The third-order valence-electron chi connectivity index (χ3n) is 4.14. The molecule has 138 valence electrons. The number of ether oxygens (including phenoxy) is 2. The molecule has 1 heterocycles. The molecule has 1 aliphatic rings. The van der Waals surface area contributed by atoms with Crippen molar-refractivity contribution in [2.75, 3.05) is 30.3 Å². The first-order chi connectivity index (χ1) is 12.3. The topological polar surface area (TPSA) is 72.9 Å². The largest absolute Gasteiger partial charge is 0.490 e. The number of benzene rings is 2. The molecule has 3 rings (SSSR count). The summed E-state index contributed by atoms with van der Waals surface area (Å²) in [5.41, 5.74) is 2.98. The van der Waals surface area contributed by atoms with Crippen LogP contribution in [0.15, 0.2) is 42.5 Å². The minimum atomic E-state index is -3.30. The fourth-order valence-electron chi connectivity index (χ4n) is 2.93. The average Bonchev–Trinajstić information content (AvgIpc) is 3.02. The van der Waals surface area contributed by atoms with Crippen LogP contribution in [0.2, 0.25) is 0 Å². The van der Waals surface area contributed by atoms with Crippen molar-refractivity contribution < 1.29 is 22.7 Å². The third kappa shape index (κ3) is 4.16. The number of hydrogen-bond donors (Lipinski definition) is 0. The predicted octanol–water partition coefficient (Wildman–Crippen LogP) is 2.55. The molecular weight excluding hydrogens is 354 g/mol. The number of fused-ring (bicyclic) bond motifs is 1. The number of anilines is 1. The molecular formula is C19H21NO5S. The molecule has 2 aromatic rings. The summed E-state index contributed by atoms with van der Waals surface area (Å²) < 4.78 is 35.6. The quantitative estimate of drug-likeness (QED) is 0.573. The van der Waals surface area contributed by atoms with Gasteiger partial charge in [-0.1, -0.05) is 12.1 Å². The van der Waals surface area contributed by atoms with Crippen molar-refractivity contribution in [1.29, 1.82) is 0 Å². The first kappa shape index (κ1) is 18.3. The van der Waals surface area contributed by atoms with E-state index in [4.69, 9.17) is 9.47 Å². The van der Waals surface area contributed by atoms with E-state index in [1.807, 2.05) is 31.2 Å². The molecule has 26 heavy (non-hydrogen) atoms. The van der Waals surface area contributed by atoms with E-state index in [0.29, 0.717) is 24.2 Å². The fourth-order valence-corrected chi connectivity index (χ4v) is 3.88. The van der Waals surface area contributed by atoms with Crippen LogP contribution in [0.5, 0.6) is 5.75 Å². The number of rotatable bonds is 6. The van der Waals surface area contributed by atoms with Crippen LogP contribution in [-0.2, 0) is 21.2 Å². The van der Waals surface area contributed by atoms with Crippen LogP contribution in [0.3, 0.4) is 0 Å². The van der Waals surface area contributed by atoms with Crippen molar-refractivity contribution >= 4 is 21.7 Å². The number of aryl methyl sites for hydroxylation is 1. The molecule has 0 aliphatic carbocycles. The van der Waals surface area contributed by atoms with Crippen molar-refractivity contribution in [2.45, 2.75) is 13.3 Å². The molecule has 0 saturated carbocycles. The Bertz CT molecular complexity index is 923. The fraction of sp³-hybridized carbons (Fsp3) is 0.316. The molecule has 0 radical (unpaired) electrons. The van der Waals surface area contributed by atoms with Gasteiger partial charge in [-0.25, -0.2) is 13.2 Å².